The standard InChI is InChI=1S/C27H32ClN3O4.C2H6/c1-4-5-6-7-8-9-20-10-12-21(13-11-20)14-22(28)15-24-26(29-3)31-27(30-24)35-25-18-33-16-23(32)17-34-19(25)2;1-2/h4-8,10-13,15,19,23,25,32H,1,3,9,14,16-18H2,2H3,(H,30,31);1-2H3/b6-5-,8-7-,22-15+;/t19-,23?,25?;/m0./s1. The van der Waals surface area contributed by atoms with E-state index in [9.17, 15) is 5.11 Å². The van der Waals surface area contributed by atoms with E-state index in [0.29, 0.717) is 23.0 Å². The molecule has 0 aliphatic carbocycles. The van der Waals surface area contributed by atoms with Gasteiger partial charge >= 0.3 is 0 Å². The fourth-order valence-corrected chi connectivity index (χ4v) is 3.66. The van der Waals surface area contributed by atoms with Crippen LogP contribution in [0.4, 0.5) is 5.82 Å². The van der Waals surface area contributed by atoms with Crippen LogP contribution < -0.4 is 4.74 Å². The fourth-order valence-electron chi connectivity index (χ4n) is 3.40. The van der Waals surface area contributed by atoms with Crippen molar-refractivity contribution in [3.63, 3.8) is 0 Å². The zero-order valence-corrected chi connectivity index (χ0v) is 22.7. The number of hydrogen-bond acceptors (Lipinski definition) is 6. The third-order valence-electron chi connectivity index (χ3n) is 5.32. The van der Waals surface area contributed by atoms with Crippen molar-refractivity contribution >= 4 is 30.2 Å². The van der Waals surface area contributed by atoms with E-state index in [2.05, 4.69) is 58.6 Å². The van der Waals surface area contributed by atoms with Gasteiger partial charge in [-0.3, -0.25) is 0 Å². The lowest BCUT2D eigenvalue weighted by molar-refractivity contribution is -0.120. The minimum absolute atomic E-state index is 0.187. The quantitative estimate of drug-likeness (QED) is 0.293. The van der Waals surface area contributed by atoms with Gasteiger partial charge in [-0.2, -0.15) is 4.98 Å². The summed E-state index contributed by atoms with van der Waals surface area (Å²) in [5.74, 6) is 0.390. The second-order valence-electron chi connectivity index (χ2n) is 8.16. The maximum atomic E-state index is 9.69. The second-order valence-corrected chi connectivity index (χ2v) is 8.65. The van der Waals surface area contributed by atoms with E-state index in [4.69, 9.17) is 25.8 Å². The molecule has 1 saturated heterocycles. The van der Waals surface area contributed by atoms with Gasteiger partial charge in [-0.15, -0.1) is 0 Å². The number of nitrogens with one attached hydrogen (secondary N) is 1. The Morgan fingerprint density at radius 2 is 1.92 bits per heavy atom. The first-order valence-electron chi connectivity index (χ1n) is 12.5. The first-order chi connectivity index (χ1) is 18.0. The Kier molecular flexibility index (Phi) is 13.7. The van der Waals surface area contributed by atoms with Crippen molar-refractivity contribution in [2.75, 3.05) is 19.8 Å². The highest BCUT2D eigenvalue weighted by Gasteiger charge is 2.26. The summed E-state index contributed by atoms with van der Waals surface area (Å²) >= 11 is 6.55. The topological polar surface area (TPSA) is 89.0 Å². The van der Waals surface area contributed by atoms with Crippen LogP contribution in [0.3, 0.4) is 0 Å². The van der Waals surface area contributed by atoms with Gasteiger partial charge < -0.3 is 24.3 Å². The molecule has 3 atom stereocenters. The minimum atomic E-state index is -0.643. The summed E-state index contributed by atoms with van der Waals surface area (Å²) in [4.78, 5) is 11.4. The molecule has 1 aromatic heterocycles. The van der Waals surface area contributed by atoms with E-state index in [-0.39, 0.29) is 31.9 Å². The molecule has 0 bridgehead atoms. The number of halogens is 1. The minimum Gasteiger partial charge on any atom is -0.456 e. The van der Waals surface area contributed by atoms with Crippen molar-refractivity contribution in [1.29, 1.82) is 0 Å². The summed E-state index contributed by atoms with van der Waals surface area (Å²) in [6.45, 7) is 13.7. The molecule has 1 aromatic carbocycles. The highest BCUT2D eigenvalue weighted by Crippen LogP contribution is 2.26. The number of aromatic nitrogens is 2. The summed E-state index contributed by atoms with van der Waals surface area (Å²) in [5, 5.41) is 10.3. The second kappa shape index (κ2) is 16.7. The zero-order chi connectivity index (χ0) is 27.0. The molecule has 1 aliphatic rings. The predicted molar refractivity (Wildman–Crippen MR) is 152 cm³/mol. The lowest BCUT2D eigenvalue weighted by Gasteiger charge is -2.28. The fraction of sp³-hybridized carbons (Fsp3) is 0.379. The molecule has 1 fully saturated rings. The predicted octanol–water partition coefficient (Wildman–Crippen LogP) is 5.97. The van der Waals surface area contributed by atoms with Crippen LogP contribution in [0.25, 0.3) is 6.08 Å². The number of aliphatic hydroxyl groups is 1. The largest absolute Gasteiger partial charge is 0.456 e. The Bertz CT molecular complexity index is 1060. The summed E-state index contributed by atoms with van der Waals surface area (Å²) in [6, 6.07) is 8.60. The lowest BCUT2D eigenvalue weighted by atomic mass is 10.1. The summed E-state index contributed by atoms with van der Waals surface area (Å²) in [7, 11) is 0. The van der Waals surface area contributed by atoms with Crippen LogP contribution in [0.15, 0.2) is 71.2 Å². The van der Waals surface area contributed by atoms with E-state index in [1.54, 1.807) is 12.2 Å². The van der Waals surface area contributed by atoms with Crippen molar-refractivity contribution in [2.45, 2.75) is 51.9 Å². The molecule has 1 aliphatic heterocycles. The van der Waals surface area contributed by atoms with Crippen molar-refractivity contribution in [2.24, 2.45) is 4.99 Å². The molecule has 0 amide bonds. The highest BCUT2D eigenvalue weighted by molar-refractivity contribution is 6.31. The number of H-pyrrole nitrogens is 1. The maximum absolute atomic E-state index is 9.69. The Hall–Kier alpha value is -2.97. The highest BCUT2D eigenvalue weighted by atomic mass is 35.5. The van der Waals surface area contributed by atoms with Crippen molar-refractivity contribution in [3.05, 3.63) is 83.1 Å². The van der Waals surface area contributed by atoms with E-state index >= 15 is 0 Å². The number of aliphatic hydroxyl groups excluding tert-OH is 1. The third kappa shape index (κ3) is 10.5. The van der Waals surface area contributed by atoms with Gasteiger partial charge in [0.25, 0.3) is 6.01 Å². The Morgan fingerprint density at radius 3 is 2.62 bits per heavy atom. The summed E-state index contributed by atoms with van der Waals surface area (Å²) in [6.07, 6.45) is 11.6. The normalized spacial score (nSPS) is 20.7. The lowest BCUT2D eigenvalue weighted by Crippen LogP contribution is -2.41. The molecular weight excluding hydrogens is 490 g/mol. The van der Waals surface area contributed by atoms with Gasteiger partial charge in [-0.05, 0) is 37.3 Å². The molecule has 0 saturated carbocycles. The summed E-state index contributed by atoms with van der Waals surface area (Å²) < 4.78 is 17.1. The average molecular weight is 528 g/mol. The van der Waals surface area contributed by atoms with E-state index in [1.807, 2.05) is 39.0 Å². The number of allylic oxidation sites excluding steroid dienone is 6. The van der Waals surface area contributed by atoms with Crippen molar-refractivity contribution < 1.29 is 19.3 Å². The molecule has 3 rings (SSSR count). The van der Waals surface area contributed by atoms with Crippen molar-refractivity contribution in [1.82, 2.24) is 9.97 Å². The SMILES string of the molecule is C=C/C=C\C=C/Cc1ccc(C/C(Cl)=C\c2[nH]c(OC3COCC(O)CO[C@H]3C)nc2N=C)cc1.CC. The Balaban J connectivity index is 0.00000235. The molecular formula is C29H38ClN3O4. The van der Waals surface area contributed by atoms with Crippen LogP contribution >= 0.6 is 11.6 Å². The van der Waals surface area contributed by atoms with E-state index < -0.39 is 12.2 Å². The molecule has 2 unspecified atom stereocenters. The van der Waals surface area contributed by atoms with Gasteiger partial charge in [0.15, 0.2) is 11.9 Å². The zero-order valence-electron chi connectivity index (χ0n) is 21.9. The number of imidazole rings is 1. The molecule has 37 heavy (non-hydrogen) atoms. The van der Waals surface area contributed by atoms with Crippen LogP contribution in [0, 0.1) is 0 Å². The Morgan fingerprint density at radius 1 is 1.19 bits per heavy atom. The number of rotatable bonds is 10. The maximum Gasteiger partial charge on any atom is 0.296 e. The van der Waals surface area contributed by atoms with Crippen LogP contribution in [-0.2, 0) is 22.3 Å². The molecule has 7 nitrogen and oxygen atoms in total. The summed E-state index contributed by atoms with van der Waals surface area (Å²) in [5.41, 5.74) is 2.91. The molecule has 8 heteroatoms. The van der Waals surface area contributed by atoms with Crippen molar-refractivity contribution in [3.8, 4) is 6.01 Å². The smallest absolute Gasteiger partial charge is 0.296 e. The van der Waals surface area contributed by atoms with Crippen LogP contribution in [0.2, 0.25) is 0 Å². The van der Waals surface area contributed by atoms with Crippen LogP contribution in [-0.4, -0.2) is 59.9 Å². The third-order valence-corrected chi connectivity index (χ3v) is 5.56. The molecule has 0 spiro atoms. The van der Waals surface area contributed by atoms with Crippen LogP contribution in [0.5, 0.6) is 6.01 Å². The molecule has 2 aromatic rings. The number of aromatic amines is 1. The monoisotopic (exact) mass is 527 g/mol. The molecule has 200 valence electrons. The number of nitrogens with zero attached hydrogens (tertiary/aromatic N) is 2. The van der Waals surface area contributed by atoms with Gasteiger partial charge in [0, 0.05) is 11.5 Å². The van der Waals surface area contributed by atoms with E-state index in [0.717, 1.165) is 12.0 Å². The number of hydrogen-bond donors (Lipinski definition) is 2. The van der Waals surface area contributed by atoms with Gasteiger partial charge in [-0.1, -0.05) is 86.7 Å². The Labute approximate surface area is 225 Å². The van der Waals surface area contributed by atoms with Crippen LogP contribution in [0.1, 0.15) is 37.6 Å². The first kappa shape index (κ1) is 30.3. The number of ether oxygens (including phenoxy) is 3. The number of aliphatic imine (C=N–C) groups is 1. The average Bonchev–Trinajstić information content (AvgIpc) is 3.28. The van der Waals surface area contributed by atoms with Gasteiger partial charge in [0.2, 0.25) is 0 Å². The first-order valence-corrected chi connectivity index (χ1v) is 12.8. The molecule has 2 N–H and O–H groups in total. The van der Waals surface area contributed by atoms with Gasteiger partial charge in [0.05, 0.1) is 31.6 Å². The van der Waals surface area contributed by atoms with Gasteiger partial charge in [0.1, 0.15) is 6.10 Å². The molecule has 2 heterocycles. The number of benzene rings is 1. The molecule has 0 radical (unpaired) electrons. The van der Waals surface area contributed by atoms with Gasteiger partial charge in [-0.25, -0.2) is 4.99 Å². The van der Waals surface area contributed by atoms with E-state index in [1.165, 1.54) is 5.56 Å².